The van der Waals surface area contributed by atoms with Crippen LogP contribution in [0, 0.1) is 0 Å². The molecule has 0 aliphatic carbocycles. The number of morpholine rings is 1. The molecule has 0 aromatic carbocycles. The van der Waals surface area contributed by atoms with Gasteiger partial charge in [-0.3, -0.25) is 4.79 Å². The van der Waals surface area contributed by atoms with E-state index in [-0.39, 0.29) is 11.2 Å². The molecule has 0 saturated carbocycles. The smallest absolute Gasteiger partial charge is 0.236 e. The van der Waals surface area contributed by atoms with Crippen LogP contribution in [0.25, 0.3) is 0 Å². The second-order valence-corrected chi connectivity index (χ2v) is 3.31. The van der Waals surface area contributed by atoms with E-state index >= 15 is 0 Å². The fourth-order valence-corrected chi connectivity index (χ4v) is 1.26. The second-order valence-electron chi connectivity index (χ2n) is 2.69. The van der Waals surface area contributed by atoms with Crippen LogP contribution < -0.4 is 5.73 Å². The molecule has 70 valence electrons. The molecule has 4 nitrogen and oxygen atoms in total. The van der Waals surface area contributed by atoms with Gasteiger partial charge in [-0.05, 0) is 0 Å². The zero-order chi connectivity index (χ0) is 8.97. The Morgan fingerprint density at radius 1 is 1.58 bits per heavy atom. The van der Waals surface area contributed by atoms with Crippen LogP contribution in [0.15, 0.2) is 0 Å². The predicted molar refractivity (Wildman–Crippen MR) is 49.2 cm³/mol. The molecule has 1 fully saturated rings. The van der Waals surface area contributed by atoms with E-state index in [1.807, 2.05) is 0 Å². The van der Waals surface area contributed by atoms with E-state index in [2.05, 4.69) is 12.6 Å². The molecule has 1 atom stereocenters. The Bertz CT molecular complexity index is 159. The maximum absolute atomic E-state index is 11.4. The quantitative estimate of drug-likeness (QED) is 0.555. The fourth-order valence-electron chi connectivity index (χ4n) is 1.10. The van der Waals surface area contributed by atoms with Crippen molar-refractivity contribution in [2.24, 2.45) is 5.73 Å². The van der Waals surface area contributed by atoms with Crippen molar-refractivity contribution in [3.63, 3.8) is 0 Å². The van der Waals surface area contributed by atoms with E-state index < -0.39 is 0 Å². The van der Waals surface area contributed by atoms with Crippen LogP contribution in [0.3, 0.4) is 0 Å². The summed E-state index contributed by atoms with van der Waals surface area (Å²) in [5.74, 6) is 0.0177. The number of carbonyl (C=O) groups is 1. The summed E-state index contributed by atoms with van der Waals surface area (Å²) in [6.45, 7) is 2.86. The third kappa shape index (κ3) is 2.36. The Hall–Kier alpha value is -0.260. The highest BCUT2D eigenvalue weighted by Gasteiger charge is 2.21. The Labute approximate surface area is 77.5 Å². The SMILES string of the molecule is NCC(S)C(=O)N1CCOCC1. The first-order chi connectivity index (χ1) is 5.75. The van der Waals surface area contributed by atoms with Gasteiger partial charge in [-0.25, -0.2) is 0 Å². The van der Waals surface area contributed by atoms with Crippen LogP contribution in [-0.2, 0) is 9.53 Å². The lowest BCUT2D eigenvalue weighted by atomic mass is 10.3. The molecular weight excluding hydrogens is 176 g/mol. The molecule has 0 bridgehead atoms. The second kappa shape index (κ2) is 4.69. The van der Waals surface area contributed by atoms with Gasteiger partial charge in [0.15, 0.2) is 0 Å². The standard InChI is InChI=1S/C7H14N2O2S/c8-5-6(12)7(10)9-1-3-11-4-2-9/h6,12H,1-5,8H2. The first kappa shape index (κ1) is 9.83. The average molecular weight is 190 g/mol. The van der Waals surface area contributed by atoms with Crippen molar-refractivity contribution in [1.29, 1.82) is 0 Å². The summed E-state index contributed by atoms with van der Waals surface area (Å²) < 4.78 is 5.11. The van der Waals surface area contributed by atoms with Gasteiger partial charge in [0.1, 0.15) is 0 Å². The molecule has 0 aromatic heterocycles. The Balaban J connectivity index is 2.39. The molecular formula is C7H14N2O2S. The van der Waals surface area contributed by atoms with Crippen LogP contribution in [0.1, 0.15) is 0 Å². The largest absolute Gasteiger partial charge is 0.378 e. The van der Waals surface area contributed by atoms with E-state index in [1.54, 1.807) is 4.90 Å². The van der Waals surface area contributed by atoms with Crippen molar-refractivity contribution in [2.45, 2.75) is 5.25 Å². The number of hydrogen-bond donors (Lipinski definition) is 2. The highest BCUT2D eigenvalue weighted by atomic mass is 32.1. The first-order valence-corrected chi connectivity index (χ1v) is 4.52. The molecule has 0 radical (unpaired) electrons. The van der Waals surface area contributed by atoms with Crippen molar-refractivity contribution in [3.8, 4) is 0 Å². The van der Waals surface area contributed by atoms with Gasteiger partial charge in [0.2, 0.25) is 5.91 Å². The molecule has 1 heterocycles. The predicted octanol–water partition coefficient (Wildman–Crippen LogP) is -0.898. The molecule has 1 rings (SSSR count). The van der Waals surface area contributed by atoms with E-state index in [1.165, 1.54) is 0 Å². The van der Waals surface area contributed by atoms with Gasteiger partial charge in [0, 0.05) is 19.6 Å². The number of nitrogens with two attached hydrogens (primary N) is 1. The summed E-state index contributed by atoms with van der Waals surface area (Å²) in [6.07, 6.45) is 0. The molecule has 1 aliphatic rings. The average Bonchev–Trinajstić information content (AvgIpc) is 2.17. The van der Waals surface area contributed by atoms with Gasteiger partial charge < -0.3 is 15.4 Å². The molecule has 1 amide bonds. The number of hydrogen-bond acceptors (Lipinski definition) is 4. The van der Waals surface area contributed by atoms with Crippen molar-refractivity contribution in [1.82, 2.24) is 4.90 Å². The number of thiol groups is 1. The molecule has 1 unspecified atom stereocenters. The summed E-state index contributed by atoms with van der Waals surface area (Å²) in [4.78, 5) is 13.2. The highest BCUT2D eigenvalue weighted by molar-refractivity contribution is 7.81. The number of rotatable bonds is 2. The van der Waals surface area contributed by atoms with E-state index in [0.717, 1.165) is 0 Å². The zero-order valence-corrected chi connectivity index (χ0v) is 7.80. The zero-order valence-electron chi connectivity index (χ0n) is 6.90. The van der Waals surface area contributed by atoms with Crippen molar-refractivity contribution >= 4 is 18.5 Å². The van der Waals surface area contributed by atoms with Crippen LogP contribution in [0.5, 0.6) is 0 Å². The van der Waals surface area contributed by atoms with Crippen molar-refractivity contribution in [3.05, 3.63) is 0 Å². The summed E-state index contributed by atoms with van der Waals surface area (Å²) >= 11 is 4.08. The van der Waals surface area contributed by atoms with Crippen LogP contribution >= 0.6 is 12.6 Å². The minimum atomic E-state index is -0.358. The summed E-state index contributed by atoms with van der Waals surface area (Å²) in [5, 5.41) is -0.358. The molecule has 2 N–H and O–H groups in total. The van der Waals surface area contributed by atoms with Gasteiger partial charge in [-0.1, -0.05) is 0 Å². The summed E-state index contributed by atoms with van der Waals surface area (Å²) in [6, 6.07) is 0. The molecule has 1 saturated heterocycles. The van der Waals surface area contributed by atoms with E-state index in [4.69, 9.17) is 10.5 Å². The normalized spacial score (nSPS) is 20.7. The first-order valence-electron chi connectivity index (χ1n) is 4.00. The number of ether oxygens (including phenoxy) is 1. The van der Waals surface area contributed by atoms with Crippen LogP contribution in [0.2, 0.25) is 0 Å². The van der Waals surface area contributed by atoms with Gasteiger partial charge in [0.25, 0.3) is 0 Å². The lowest BCUT2D eigenvalue weighted by Crippen LogP contribution is -2.46. The Morgan fingerprint density at radius 3 is 2.67 bits per heavy atom. The van der Waals surface area contributed by atoms with Gasteiger partial charge in [0.05, 0.1) is 18.5 Å². The van der Waals surface area contributed by atoms with E-state index in [0.29, 0.717) is 32.8 Å². The maximum Gasteiger partial charge on any atom is 0.236 e. The van der Waals surface area contributed by atoms with E-state index in [9.17, 15) is 4.79 Å². The number of nitrogens with zero attached hydrogens (tertiary/aromatic N) is 1. The monoisotopic (exact) mass is 190 g/mol. The minimum absolute atomic E-state index is 0.0177. The third-order valence-electron chi connectivity index (χ3n) is 1.83. The van der Waals surface area contributed by atoms with Gasteiger partial charge >= 0.3 is 0 Å². The van der Waals surface area contributed by atoms with Gasteiger partial charge in [-0.15, -0.1) is 0 Å². The lowest BCUT2D eigenvalue weighted by Gasteiger charge is -2.28. The molecule has 5 heteroatoms. The fraction of sp³-hybridized carbons (Fsp3) is 0.857. The minimum Gasteiger partial charge on any atom is -0.378 e. The number of amides is 1. The topological polar surface area (TPSA) is 55.6 Å². The third-order valence-corrected chi connectivity index (χ3v) is 2.26. The number of carbonyl (C=O) groups excluding carboxylic acids is 1. The van der Waals surface area contributed by atoms with Crippen LogP contribution in [0.4, 0.5) is 0 Å². The summed E-state index contributed by atoms with van der Waals surface area (Å²) in [5.41, 5.74) is 5.32. The van der Waals surface area contributed by atoms with Crippen LogP contribution in [-0.4, -0.2) is 48.9 Å². The van der Waals surface area contributed by atoms with Crippen molar-refractivity contribution in [2.75, 3.05) is 32.8 Å². The summed E-state index contributed by atoms with van der Waals surface area (Å²) in [7, 11) is 0. The maximum atomic E-state index is 11.4. The highest BCUT2D eigenvalue weighted by Crippen LogP contribution is 2.03. The molecule has 12 heavy (non-hydrogen) atoms. The van der Waals surface area contributed by atoms with Gasteiger partial charge in [-0.2, -0.15) is 12.6 Å². The Morgan fingerprint density at radius 2 is 2.17 bits per heavy atom. The van der Waals surface area contributed by atoms with Crippen molar-refractivity contribution < 1.29 is 9.53 Å². The molecule has 0 spiro atoms. The Kier molecular flexibility index (Phi) is 3.84. The molecule has 0 aromatic rings. The lowest BCUT2D eigenvalue weighted by molar-refractivity contribution is -0.134. The molecule has 1 aliphatic heterocycles.